The Hall–Kier alpha value is -2.00. The molecular formula is C12H9F2N3S. The molecule has 0 aliphatic heterocycles. The molecule has 6 heteroatoms. The van der Waals surface area contributed by atoms with Crippen LogP contribution >= 0.6 is 11.3 Å². The summed E-state index contributed by atoms with van der Waals surface area (Å²) in [5.74, 6) is -2.15. The fraction of sp³-hybridized carbons (Fsp3) is 0.167. The summed E-state index contributed by atoms with van der Waals surface area (Å²) in [6, 6.07) is 4.19. The first-order chi connectivity index (χ1) is 8.61. The molecule has 1 N–H and O–H groups in total. The molecule has 0 atom stereocenters. The maximum absolute atomic E-state index is 13.6. The average Bonchev–Trinajstić information content (AvgIpc) is 2.77. The molecule has 0 unspecified atom stereocenters. The molecule has 0 spiro atoms. The molecule has 3 nitrogen and oxygen atoms in total. The lowest BCUT2D eigenvalue weighted by Gasteiger charge is -2.07. The summed E-state index contributed by atoms with van der Waals surface area (Å²) in [4.78, 5) is 4.99. The molecule has 0 radical (unpaired) electrons. The van der Waals surface area contributed by atoms with E-state index >= 15 is 0 Å². The van der Waals surface area contributed by atoms with Gasteiger partial charge in [0.25, 0.3) is 0 Å². The zero-order chi connectivity index (χ0) is 13.1. The standard InChI is InChI=1S/C12H9F2N3S/c1-7-16-5-9(18-7)6-17-10-3-2-8(4-15)11(13)12(10)14/h2-3,5,17H,6H2,1H3. The number of anilines is 1. The highest BCUT2D eigenvalue weighted by molar-refractivity contribution is 7.11. The van der Waals surface area contributed by atoms with E-state index in [1.165, 1.54) is 23.5 Å². The molecule has 1 heterocycles. The molecule has 0 saturated carbocycles. The second-order valence-electron chi connectivity index (χ2n) is 3.60. The summed E-state index contributed by atoms with van der Waals surface area (Å²) in [6.07, 6.45) is 1.69. The topological polar surface area (TPSA) is 48.7 Å². The maximum Gasteiger partial charge on any atom is 0.183 e. The van der Waals surface area contributed by atoms with Gasteiger partial charge in [0.1, 0.15) is 6.07 Å². The Morgan fingerprint density at radius 1 is 1.39 bits per heavy atom. The average molecular weight is 265 g/mol. The molecule has 0 aliphatic rings. The van der Waals surface area contributed by atoms with Gasteiger partial charge < -0.3 is 5.32 Å². The number of aryl methyl sites for hydroxylation is 1. The zero-order valence-corrected chi connectivity index (χ0v) is 10.3. The predicted octanol–water partition coefficient (Wildman–Crippen LogP) is 3.21. The van der Waals surface area contributed by atoms with E-state index in [1.54, 1.807) is 12.3 Å². The molecule has 1 aromatic heterocycles. The summed E-state index contributed by atoms with van der Waals surface area (Å²) in [5, 5.41) is 12.3. The van der Waals surface area contributed by atoms with Crippen LogP contribution in [0.4, 0.5) is 14.5 Å². The molecule has 0 bridgehead atoms. The van der Waals surface area contributed by atoms with Crippen molar-refractivity contribution in [1.29, 1.82) is 5.26 Å². The van der Waals surface area contributed by atoms with Gasteiger partial charge >= 0.3 is 0 Å². The van der Waals surface area contributed by atoms with Gasteiger partial charge in [0.2, 0.25) is 0 Å². The van der Waals surface area contributed by atoms with Crippen LogP contribution in [0.1, 0.15) is 15.4 Å². The smallest absolute Gasteiger partial charge is 0.183 e. The number of halogens is 2. The van der Waals surface area contributed by atoms with Gasteiger partial charge in [-0.25, -0.2) is 13.8 Å². The number of nitrogens with zero attached hydrogens (tertiary/aromatic N) is 2. The third-order valence-corrected chi connectivity index (χ3v) is 3.24. The summed E-state index contributed by atoms with van der Waals surface area (Å²) < 4.78 is 26.9. The van der Waals surface area contributed by atoms with Crippen molar-refractivity contribution < 1.29 is 8.78 Å². The normalized spacial score (nSPS) is 10.1. The van der Waals surface area contributed by atoms with Crippen molar-refractivity contribution in [2.45, 2.75) is 13.5 Å². The van der Waals surface area contributed by atoms with Crippen molar-refractivity contribution in [2.24, 2.45) is 0 Å². The number of rotatable bonds is 3. The summed E-state index contributed by atoms with van der Waals surface area (Å²) >= 11 is 1.48. The molecule has 92 valence electrons. The second kappa shape index (κ2) is 5.10. The van der Waals surface area contributed by atoms with Crippen molar-refractivity contribution in [1.82, 2.24) is 4.98 Å². The van der Waals surface area contributed by atoms with Gasteiger partial charge in [0.05, 0.1) is 22.8 Å². The van der Waals surface area contributed by atoms with Gasteiger partial charge in [0.15, 0.2) is 11.6 Å². The third-order valence-electron chi connectivity index (χ3n) is 2.32. The zero-order valence-electron chi connectivity index (χ0n) is 9.50. The van der Waals surface area contributed by atoms with E-state index in [-0.39, 0.29) is 11.3 Å². The minimum absolute atomic E-state index is 0.0394. The molecule has 0 fully saturated rings. The number of hydrogen-bond donors (Lipinski definition) is 1. The van der Waals surface area contributed by atoms with Crippen LogP contribution in [0.5, 0.6) is 0 Å². The van der Waals surface area contributed by atoms with Gasteiger partial charge in [0, 0.05) is 11.1 Å². The molecule has 0 aliphatic carbocycles. The lowest BCUT2D eigenvalue weighted by Crippen LogP contribution is -2.02. The molecule has 1 aromatic carbocycles. The van der Waals surface area contributed by atoms with Crippen LogP contribution in [0.25, 0.3) is 0 Å². The first-order valence-electron chi connectivity index (χ1n) is 5.15. The van der Waals surface area contributed by atoms with Gasteiger partial charge in [-0.15, -0.1) is 11.3 Å². The monoisotopic (exact) mass is 265 g/mol. The highest BCUT2D eigenvalue weighted by Gasteiger charge is 2.13. The number of thiazole rings is 1. The molecule has 18 heavy (non-hydrogen) atoms. The predicted molar refractivity (Wildman–Crippen MR) is 65.3 cm³/mol. The van der Waals surface area contributed by atoms with Crippen molar-refractivity contribution in [3.63, 3.8) is 0 Å². The van der Waals surface area contributed by atoms with E-state index in [9.17, 15) is 8.78 Å². The molecule has 0 amide bonds. The van der Waals surface area contributed by atoms with Crippen LogP contribution < -0.4 is 5.32 Å². The van der Waals surface area contributed by atoms with Crippen molar-refractivity contribution >= 4 is 17.0 Å². The Balaban J connectivity index is 2.15. The van der Waals surface area contributed by atoms with E-state index < -0.39 is 11.6 Å². The summed E-state index contributed by atoms with van der Waals surface area (Å²) in [5.41, 5.74) is -0.260. The second-order valence-corrected chi connectivity index (χ2v) is 4.92. The molecular weight excluding hydrogens is 256 g/mol. The highest BCUT2D eigenvalue weighted by atomic mass is 32.1. The largest absolute Gasteiger partial charge is 0.378 e. The van der Waals surface area contributed by atoms with Crippen LogP contribution in [0, 0.1) is 29.9 Å². The van der Waals surface area contributed by atoms with E-state index in [0.717, 1.165) is 9.88 Å². The quantitative estimate of drug-likeness (QED) is 0.927. The maximum atomic E-state index is 13.6. The van der Waals surface area contributed by atoms with Crippen molar-refractivity contribution in [2.75, 3.05) is 5.32 Å². The molecule has 2 rings (SSSR count). The number of hydrogen-bond acceptors (Lipinski definition) is 4. The van der Waals surface area contributed by atoms with Gasteiger partial charge in [-0.2, -0.15) is 5.26 Å². The number of nitrogens with one attached hydrogen (secondary N) is 1. The number of benzene rings is 1. The Bertz CT molecular complexity index is 616. The van der Waals surface area contributed by atoms with Gasteiger partial charge in [-0.05, 0) is 19.1 Å². The van der Waals surface area contributed by atoms with E-state index in [2.05, 4.69) is 10.3 Å². The summed E-state index contributed by atoms with van der Waals surface area (Å²) in [6.45, 7) is 2.24. The van der Waals surface area contributed by atoms with E-state index in [0.29, 0.717) is 6.54 Å². The fourth-order valence-electron chi connectivity index (χ4n) is 1.44. The summed E-state index contributed by atoms with van der Waals surface area (Å²) in [7, 11) is 0. The fourth-order valence-corrected chi connectivity index (χ4v) is 2.18. The Morgan fingerprint density at radius 2 is 2.17 bits per heavy atom. The van der Waals surface area contributed by atoms with E-state index in [1.807, 2.05) is 6.92 Å². The number of aromatic nitrogens is 1. The Labute approximate surface area is 107 Å². The van der Waals surface area contributed by atoms with Gasteiger partial charge in [-0.1, -0.05) is 0 Å². The van der Waals surface area contributed by atoms with Gasteiger partial charge in [-0.3, -0.25) is 0 Å². The van der Waals surface area contributed by atoms with Crippen molar-refractivity contribution in [3.05, 3.63) is 45.4 Å². The SMILES string of the molecule is Cc1ncc(CNc2ccc(C#N)c(F)c2F)s1. The molecule has 0 saturated heterocycles. The Morgan fingerprint density at radius 3 is 2.78 bits per heavy atom. The van der Waals surface area contributed by atoms with Crippen LogP contribution in [-0.2, 0) is 6.54 Å². The van der Waals surface area contributed by atoms with Crippen molar-refractivity contribution in [3.8, 4) is 6.07 Å². The lowest BCUT2D eigenvalue weighted by atomic mass is 10.2. The lowest BCUT2D eigenvalue weighted by molar-refractivity contribution is 0.508. The number of nitriles is 1. The van der Waals surface area contributed by atoms with E-state index in [4.69, 9.17) is 5.26 Å². The first kappa shape index (κ1) is 12.5. The van der Waals surface area contributed by atoms with Crippen LogP contribution in [0.3, 0.4) is 0 Å². The first-order valence-corrected chi connectivity index (χ1v) is 5.96. The molecule has 2 aromatic rings. The minimum atomic E-state index is -1.12. The third kappa shape index (κ3) is 2.46. The Kier molecular flexibility index (Phi) is 3.53. The highest BCUT2D eigenvalue weighted by Crippen LogP contribution is 2.21. The van der Waals surface area contributed by atoms with Crippen LogP contribution in [0.15, 0.2) is 18.3 Å². The van der Waals surface area contributed by atoms with Crippen LogP contribution in [-0.4, -0.2) is 4.98 Å². The van der Waals surface area contributed by atoms with Crippen LogP contribution in [0.2, 0.25) is 0 Å². The minimum Gasteiger partial charge on any atom is -0.378 e.